The standard InChI is InChI=1S/C22H26N4O2S/c1-4-5-13-26-21(17-9-7-6-8-10-17)24-25-22(26)29-15-20(27)23-18-14-16(2)11-12-19(18)28-3/h6-12,14H,4-5,13,15H2,1-3H3,(H,23,27). The molecule has 0 aliphatic heterocycles. The number of unbranched alkanes of at least 4 members (excludes halogenated alkanes) is 1. The van der Waals surface area contributed by atoms with Crippen molar-refractivity contribution in [2.75, 3.05) is 18.2 Å². The second kappa shape index (κ2) is 10.1. The molecule has 3 aromatic rings. The minimum Gasteiger partial charge on any atom is -0.495 e. The summed E-state index contributed by atoms with van der Waals surface area (Å²) in [5.74, 6) is 1.62. The Kier molecular flexibility index (Phi) is 7.30. The molecule has 2 aromatic carbocycles. The van der Waals surface area contributed by atoms with Gasteiger partial charge in [0.1, 0.15) is 5.75 Å². The van der Waals surface area contributed by atoms with Crippen molar-refractivity contribution in [2.45, 2.75) is 38.4 Å². The van der Waals surface area contributed by atoms with Crippen LogP contribution in [0.2, 0.25) is 0 Å². The molecule has 0 fully saturated rings. The Morgan fingerprint density at radius 1 is 1.17 bits per heavy atom. The van der Waals surface area contributed by atoms with Gasteiger partial charge in [0.05, 0.1) is 18.6 Å². The first kappa shape index (κ1) is 20.9. The van der Waals surface area contributed by atoms with Gasteiger partial charge in [-0.1, -0.05) is 61.5 Å². The third-order valence-electron chi connectivity index (χ3n) is 4.45. The fourth-order valence-corrected chi connectivity index (χ4v) is 3.71. The Labute approximate surface area is 175 Å². The maximum atomic E-state index is 12.5. The minimum absolute atomic E-state index is 0.106. The smallest absolute Gasteiger partial charge is 0.234 e. The summed E-state index contributed by atoms with van der Waals surface area (Å²) in [4.78, 5) is 12.5. The van der Waals surface area contributed by atoms with Crippen molar-refractivity contribution < 1.29 is 9.53 Å². The van der Waals surface area contributed by atoms with E-state index in [4.69, 9.17) is 4.74 Å². The Balaban J connectivity index is 1.72. The highest BCUT2D eigenvalue weighted by atomic mass is 32.2. The van der Waals surface area contributed by atoms with Crippen LogP contribution in [0, 0.1) is 6.92 Å². The highest BCUT2D eigenvalue weighted by molar-refractivity contribution is 7.99. The van der Waals surface area contributed by atoms with Crippen molar-refractivity contribution >= 4 is 23.4 Å². The molecule has 0 spiro atoms. The van der Waals surface area contributed by atoms with Crippen molar-refractivity contribution in [1.29, 1.82) is 0 Å². The van der Waals surface area contributed by atoms with Crippen LogP contribution >= 0.6 is 11.8 Å². The van der Waals surface area contributed by atoms with E-state index >= 15 is 0 Å². The maximum absolute atomic E-state index is 12.5. The molecule has 152 valence electrons. The first-order valence-corrected chi connectivity index (χ1v) is 10.7. The summed E-state index contributed by atoms with van der Waals surface area (Å²) < 4.78 is 7.43. The van der Waals surface area contributed by atoms with Crippen molar-refractivity contribution in [3.05, 3.63) is 54.1 Å². The minimum atomic E-state index is -0.106. The number of hydrogen-bond donors (Lipinski definition) is 1. The van der Waals surface area contributed by atoms with Crippen molar-refractivity contribution in [3.8, 4) is 17.1 Å². The molecule has 0 unspecified atom stereocenters. The molecule has 0 atom stereocenters. The van der Waals surface area contributed by atoms with Crippen LogP contribution in [0.25, 0.3) is 11.4 Å². The van der Waals surface area contributed by atoms with Crippen LogP contribution in [0.3, 0.4) is 0 Å². The fraction of sp³-hybridized carbons (Fsp3) is 0.318. The lowest BCUT2D eigenvalue weighted by Gasteiger charge is -2.12. The maximum Gasteiger partial charge on any atom is 0.234 e. The summed E-state index contributed by atoms with van der Waals surface area (Å²) in [5, 5.41) is 12.4. The molecule has 6 nitrogen and oxygen atoms in total. The van der Waals surface area contributed by atoms with E-state index in [1.54, 1.807) is 7.11 Å². The zero-order valence-electron chi connectivity index (χ0n) is 17.0. The molecule has 3 rings (SSSR count). The molecule has 0 aliphatic rings. The number of aryl methyl sites for hydroxylation is 1. The molecule has 1 N–H and O–H groups in total. The second-order valence-corrected chi connectivity index (χ2v) is 7.66. The molecule has 1 heterocycles. The average Bonchev–Trinajstić information content (AvgIpc) is 3.14. The van der Waals surface area contributed by atoms with Gasteiger partial charge in [-0.2, -0.15) is 0 Å². The molecule has 7 heteroatoms. The lowest BCUT2D eigenvalue weighted by atomic mass is 10.2. The molecule has 0 bridgehead atoms. The number of nitrogens with one attached hydrogen (secondary N) is 1. The molecular formula is C22H26N4O2S. The highest BCUT2D eigenvalue weighted by Crippen LogP contribution is 2.27. The van der Waals surface area contributed by atoms with Crippen LogP contribution in [-0.4, -0.2) is 33.5 Å². The number of hydrogen-bond acceptors (Lipinski definition) is 5. The first-order valence-electron chi connectivity index (χ1n) is 9.68. The molecule has 1 amide bonds. The molecule has 0 radical (unpaired) electrons. The lowest BCUT2D eigenvalue weighted by molar-refractivity contribution is -0.113. The molecule has 0 saturated heterocycles. The Morgan fingerprint density at radius 3 is 2.69 bits per heavy atom. The predicted octanol–water partition coefficient (Wildman–Crippen LogP) is 4.79. The Bertz CT molecular complexity index is 957. The van der Waals surface area contributed by atoms with E-state index in [1.165, 1.54) is 11.8 Å². The summed E-state index contributed by atoms with van der Waals surface area (Å²) in [6, 6.07) is 15.7. The van der Waals surface area contributed by atoms with E-state index < -0.39 is 0 Å². The van der Waals surface area contributed by atoms with Gasteiger partial charge in [0.25, 0.3) is 0 Å². The number of ether oxygens (including phenoxy) is 1. The van der Waals surface area contributed by atoms with Crippen molar-refractivity contribution in [3.63, 3.8) is 0 Å². The molecule has 0 saturated carbocycles. The van der Waals surface area contributed by atoms with E-state index in [0.29, 0.717) is 11.4 Å². The van der Waals surface area contributed by atoms with Crippen LogP contribution in [0.5, 0.6) is 5.75 Å². The van der Waals surface area contributed by atoms with Gasteiger partial charge in [-0.15, -0.1) is 10.2 Å². The van der Waals surface area contributed by atoms with Gasteiger partial charge in [0.15, 0.2) is 11.0 Å². The highest BCUT2D eigenvalue weighted by Gasteiger charge is 2.16. The Hall–Kier alpha value is -2.80. The molecular weight excluding hydrogens is 384 g/mol. The van der Waals surface area contributed by atoms with Crippen molar-refractivity contribution in [2.24, 2.45) is 0 Å². The zero-order chi connectivity index (χ0) is 20.6. The number of nitrogens with zero attached hydrogens (tertiary/aromatic N) is 3. The number of amides is 1. The SMILES string of the molecule is CCCCn1c(SCC(=O)Nc2cc(C)ccc2OC)nnc1-c1ccccc1. The number of thioether (sulfide) groups is 1. The van der Waals surface area contributed by atoms with Gasteiger partial charge in [-0.05, 0) is 31.0 Å². The van der Waals surface area contributed by atoms with Crippen LogP contribution in [-0.2, 0) is 11.3 Å². The normalized spacial score (nSPS) is 10.7. The summed E-state index contributed by atoms with van der Waals surface area (Å²) in [6.07, 6.45) is 2.10. The number of carbonyl (C=O) groups excluding carboxylic acids is 1. The van der Waals surface area contributed by atoms with Gasteiger partial charge in [0.2, 0.25) is 5.91 Å². The number of benzene rings is 2. The third-order valence-corrected chi connectivity index (χ3v) is 5.41. The molecule has 1 aromatic heterocycles. The van der Waals surface area contributed by atoms with E-state index in [1.807, 2.05) is 55.5 Å². The third kappa shape index (κ3) is 5.38. The summed E-state index contributed by atoms with van der Waals surface area (Å²) in [6.45, 7) is 4.95. The quantitative estimate of drug-likeness (QED) is 0.514. The number of aromatic nitrogens is 3. The van der Waals surface area contributed by atoms with Crippen LogP contribution in [0.1, 0.15) is 25.3 Å². The summed E-state index contributed by atoms with van der Waals surface area (Å²) in [5.41, 5.74) is 2.76. The largest absolute Gasteiger partial charge is 0.495 e. The predicted molar refractivity (Wildman–Crippen MR) is 117 cm³/mol. The van der Waals surface area contributed by atoms with Crippen molar-refractivity contribution in [1.82, 2.24) is 14.8 Å². The average molecular weight is 411 g/mol. The van der Waals surface area contributed by atoms with Crippen LogP contribution in [0.4, 0.5) is 5.69 Å². The summed E-state index contributed by atoms with van der Waals surface area (Å²) >= 11 is 1.39. The molecule has 29 heavy (non-hydrogen) atoms. The number of carbonyl (C=O) groups is 1. The number of rotatable bonds is 9. The number of methoxy groups -OCH3 is 1. The van der Waals surface area contributed by atoms with Gasteiger partial charge in [-0.3, -0.25) is 4.79 Å². The Morgan fingerprint density at radius 2 is 1.97 bits per heavy atom. The van der Waals surface area contributed by atoms with Gasteiger partial charge in [0, 0.05) is 12.1 Å². The van der Waals surface area contributed by atoms with Gasteiger partial charge >= 0.3 is 0 Å². The number of anilines is 1. The topological polar surface area (TPSA) is 69.0 Å². The second-order valence-electron chi connectivity index (χ2n) is 6.72. The van der Waals surface area contributed by atoms with E-state index in [-0.39, 0.29) is 11.7 Å². The lowest BCUT2D eigenvalue weighted by Crippen LogP contribution is -2.15. The van der Waals surface area contributed by atoms with Gasteiger partial charge < -0.3 is 14.6 Å². The fourth-order valence-electron chi connectivity index (χ4n) is 2.95. The van der Waals surface area contributed by atoms with Crippen LogP contribution < -0.4 is 10.1 Å². The van der Waals surface area contributed by atoms with E-state index in [0.717, 1.165) is 41.5 Å². The zero-order valence-corrected chi connectivity index (χ0v) is 17.8. The van der Waals surface area contributed by atoms with E-state index in [2.05, 4.69) is 27.0 Å². The van der Waals surface area contributed by atoms with E-state index in [9.17, 15) is 4.79 Å². The first-order chi connectivity index (χ1) is 14.1. The van der Waals surface area contributed by atoms with Gasteiger partial charge in [-0.25, -0.2) is 0 Å². The molecule has 0 aliphatic carbocycles. The summed E-state index contributed by atoms with van der Waals surface area (Å²) in [7, 11) is 1.59. The monoisotopic (exact) mass is 410 g/mol. The van der Waals surface area contributed by atoms with Crippen LogP contribution in [0.15, 0.2) is 53.7 Å².